The van der Waals surface area contributed by atoms with Crippen LogP contribution < -0.4 is 21.1 Å². The molecule has 2 N–H and O–H groups in total. The van der Waals surface area contributed by atoms with Crippen LogP contribution in [0.1, 0.15) is 5.56 Å². The number of hydrogen-bond acceptors (Lipinski definition) is 6. The molecular weight excluding hydrogens is 384 g/mol. The zero-order valence-electron chi connectivity index (χ0n) is 16.5. The Morgan fingerprint density at radius 1 is 1.03 bits per heavy atom. The molecule has 0 bridgehead atoms. The molecule has 2 aromatic carbocycles. The molecule has 0 atom stereocenters. The van der Waals surface area contributed by atoms with E-state index in [1.165, 1.54) is 4.40 Å². The molecule has 0 aliphatic heterocycles. The van der Waals surface area contributed by atoms with Gasteiger partial charge in [-0.15, -0.1) is 5.10 Å². The van der Waals surface area contributed by atoms with Crippen LogP contribution in [0.25, 0.3) is 5.78 Å². The summed E-state index contributed by atoms with van der Waals surface area (Å²) in [6.07, 6.45) is 1.58. The summed E-state index contributed by atoms with van der Waals surface area (Å²) in [6.45, 7) is 1.78. The summed E-state index contributed by atoms with van der Waals surface area (Å²) in [7, 11) is 1.57. The molecule has 0 saturated carbocycles. The zero-order chi connectivity index (χ0) is 21.1. The van der Waals surface area contributed by atoms with Crippen molar-refractivity contribution in [2.45, 2.75) is 13.5 Å². The lowest BCUT2D eigenvalue weighted by atomic mass is 10.2. The highest BCUT2D eigenvalue weighted by Gasteiger charge is 2.12. The Labute approximate surface area is 171 Å². The van der Waals surface area contributed by atoms with Crippen molar-refractivity contribution in [1.82, 2.24) is 19.2 Å². The topological polar surface area (TPSA) is 103 Å². The number of nitrogens with one attached hydrogen (secondary N) is 2. The van der Waals surface area contributed by atoms with Crippen LogP contribution in [0.3, 0.4) is 0 Å². The van der Waals surface area contributed by atoms with Crippen LogP contribution in [0.2, 0.25) is 0 Å². The third-order valence-corrected chi connectivity index (χ3v) is 4.45. The number of fused-ring (bicyclic) bond motifs is 1. The van der Waals surface area contributed by atoms with Crippen molar-refractivity contribution in [3.8, 4) is 5.75 Å². The van der Waals surface area contributed by atoms with Crippen LogP contribution in [0, 0.1) is 6.92 Å². The van der Waals surface area contributed by atoms with Gasteiger partial charge in [0.2, 0.25) is 5.91 Å². The van der Waals surface area contributed by atoms with Gasteiger partial charge >= 0.3 is 5.69 Å². The average molecular weight is 404 g/mol. The third-order valence-electron chi connectivity index (χ3n) is 4.45. The average Bonchev–Trinajstić information content (AvgIpc) is 3.05. The SMILES string of the molecule is COc1ccc(NC(=O)Cn2nc3nc(Nc4ccc(C)cc4)ccn3c2=O)cc1. The Bertz CT molecular complexity index is 1240. The van der Waals surface area contributed by atoms with E-state index in [4.69, 9.17) is 4.74 Å². The van der Waals surface area contributed by atoms with E-state index in [9.17, 15) is 9.59 Å². The largest absolute Gasteiger partial charge is 0.497 e. The maximum atomic E-state index is 12.5. The van der Waals surface area contributed by atoms with E-state index in [0.717, 1.165) is 15.9 Å². The van der Waals surface area contributed by atoms with Crippen LogP contribution in [0.4, 0.5) is 17.2 Å². The molecule has 0 saturated heterocycles. The number of amides is 1. The molecule has 0 aliphatic carbocycles. The van der Waals surface area contributed by atoms with Crippen LogP contribution in [0.5, 0.6) is 5.75 Å². The maximum absolute atomic E-state index is 12.5. The van der Waals surface area contributed by atoms with Gasteiger partial charge in [-0.3, -0.25) is 4.79 Å². The van der Waals surface area contributed by atoms with Gasteiger partial charge in [-0.1, -0.05) is 17.7 Å². The molecule has 2 heterocycles. The smallest absolute Gasteiger partial charge is 0.352 e. The van der Waals surface area contributed by atoms with Gasteiger partial charge in [0.1, 0.15) is 18.1 Å². The fourth-order valence-corrected chi connectivity index (χ4v) is 2.87. The fraction of sp³-hybridized carbons (Fsp3) is 0.143. The monoisotopic (exact) mass is 404 g/mol. The van der Waals surface area contributed by atoms with Gasteiger partial charge in [-0.05, 0) is 49.4 Å². The Morgan fingerprint density at radius 2 is 1.73 bits per heavy atom. The molecular formula is C21H20N6O3. The van der Waals surface area contributed by atoms with Gasteiger partial charge in [0.15, 0.2) is 0 Å². The molecule has 152 valence electrons. The number of carbonyl (C=O) groups is 1. The van der Waals surface area contributed by atoms with Crippen LogP contribution >= 0.6 is 0 Å². The number of benzene rings is 2. The van der Waals surface area contributed by atoms with Crippen molar-refractivity contribution >= 4 is 28.9 Å². The van der Waals surface area contributed by atoms with E-state index < -0.39 is 5.69 Å². The first-order valence-corrected chi connectivity index (χ1v) is 9.25. The van der Waals surface area contributed by atoms with Gasteiger partial charge in [0, 0.05) is 17.6 Å². The zero-order valence-corrected chi connectivity index (χ0v) is 16.5. The number of aromatic nitrogens is 4. The molecule has 0 spiro atoms. The minimum atomic E-state index is -0.440. The van der Waals surface area contributed by atoms with Gasteiger partial charge in [-0.25, -0.2) is 13.9 Å². The van der Waals surface area contributed by atoms with Gasteiger partial charge < -0.3 is 15.4 Å². The quantitative estimate of drug-likeness (QED) is 0.512. The Hall–Kier alpha value is -4.14. The molecule has 2 aromatic heterocycles. The normalized spacial score (nSPS) is 10.7. The Balaban J connectivity index is 1.49. The summed E-state index contributed by atoms with van der Waals surface area (Å²) in [5.41, 5.74) is 2.19. The van der Waals surface area contributed by atoms with Gasteiger partial charge in [0.05, 0.1) is 7.11 Å². The first-order valence-electron chi connectivity index (χ1n) is 9.25. The van der Waals surface area contributed by atoms with Crippen molar-refractivity contribution in [1.29, 1.82) is 0 Å². The summed E-state index contributed by atoms with van der Waals surface area (Å²) >= 11 is 0. The third kappa shape index (κ3) is 4.14. The van der Waals surface area contributed by atoms with Crippen molar-refractivity contribution in [3.05, 3.63) is 76.8 Å². The highest BCUT2D eigenvalue weighted by molar-refractivity contribution is 5.90. The number of aryl methyl sites for hydroxylation is 1. The fourth-order valence-electron chi connectivity index (χ4n) is 2.87. The minimum Gasteiger partial charge on any atom is -0.497 e. The molecule has 9 nitrogen and oxygen atoms in total. The van der Waals surface area contributed by atoms with E-state index >= 15 is 0 Å². The Kier molecular flexibility index (Phi) is 5.17. The Morgan fingerprint density at radius 3 is 2.43 bits per heavy atom. The molecule has 4 aromatic rings. The standard InChI is InChI=1S/C21H20N6O3/c1-14-3-5-15(6-4-14)22-18-11-12-26-20(24-18)25-27(21(26)29)13-19(28)23-16-7-9-17(30-2)10-8-16/h3-12H,13H2,1-2H3,(H,23,28)(H,22,24,25). The van der Waals surface area contributed by atoms with Crippen molar-refractivity contribution in [2.24, 2.45) is 0 Å². The number of nitrogens with zero attached hydrogens (tertiary/aromatic N) is 4. The molecule has 0 radical (unpaired) electrons. The lowest BCUT2D eigenvalue weighted by molar-refractivity contribution is -0.117. The van der Waals surface area contributed by atoms with E-state index in [-0.39, 0.29) is 18.2 Å². The summed E-state index contributed by atoms with van der Waals surface area (Å²) < 4.78 is 7.46. The molecule has 0 fully saturated rings. The highest BCUT2D eigenvalue weighted by atomic mass is 16.5. The number of carbonyl (C=O) groups excluding carboxylic acids is 1. The lowest BCUT2D eigenvalue weighted by Crippen LogP contribution is -2.28. The molecule has 30 heavy (non-hydrogen) atoms. The number of ether oxygens (including phenoxy) is 1. The summed E-state index contributed by atoms with van der Waals surface area (Å²) in [4.78, 5) is 29.2. The summed E-state index contributed by atoms with van der Waals surface area (Å²) in [6, 6.07) is 16.4. The summed E-state index contributed by atoms with van der Waals surface area (Å²) in [5.74, 6) is 1.06. The second-order valence-electron chi connectivity index (χ2n) is 6.69. The number of methoxy groups -OCH3 is 1. The van der Waals surface area contributed by atoms with E-state index in [1.807, 2.05) is 31.2 Å². The van der Waals surface area contributed by atoms with E-state index in [0.29, 0.717) is 17.3 Å². The van der Waals surface area contributed by atoms with Crippen molar-refractivity contribution < 1.29 is 9.53 Å². The van der Waals surface area contributed by atoms with Crippen molar-refractivity contribution in [2.75, 3.05) is 17.7 Å². The van der Waals surface area contributed by atoms with Crippen LogP contribution in [0.15, 0.2) is 65.6 Å². The number of anilines is 3. The number of hydrogen-bond donors (Lipinski definition) is 2. The van der Waals surface area contributed by atoms with Gasteiger partial charge in [0.25, 0.3) is 5.78 Å². The van der Waals surface area contributed by atoms with E-state index in [1.54, 1.807) is 43.6 Å². The van der Waals surface area contributed by atoms with Crippen molar-refractivity contribution in [3.63, 3.8) is 0 Å². The second kappa shape index (κ2) is 8.08. The number of rotatable bonds is 6. The summed E-state index contributed by atoms with van der Waals surface area (Å²) in [5, 5.41) is 10.1. The first kappa shape index (κ1) is 19.2. The van der Waals surface area contributed by atoms with Crippen LogP contribution in [-0.4, -0.2) is 32.2 Å². The van der Waals surface area contributed by atoms with Gasteiger partial charge in [-0.2, -0.15) is 4.98 Å². The van der Waals surface area contributed by atoms with E-state index in [2.05, 4.69) is 20.7 Å². The highest BCUT2D eigenvalue weighted by Crippen LogP contribution is 2.16. The lowest BCUT2D eigenvalue weighted by Gasteiger charge is -2.05. The minimum absolute atomic E-state index is 0.203. The second-order valence-corrected chi connectivity index (χ2v) is 6.69. The molecule has 1 amide bonds. The molecule has 9 heteroatoms. The molecule has 4 rings (SSSR count). The molecule has 0 unspecified atom stereocenters. The first-order chi connectivity index (χ1) is 14.5. The predicted molar refractivity (Wildman–Crippen MR) is 113 cm³/mol. The van der Waals surface area contributed by atoms with Crippen LogP contribution in [-0.2, 0) is 11.3 Å². The molecule has 0 aliphatic rings. The predicted octanol–water partition coefficient (Wildman–Crippen LogP) is 2.59. The maximum Gasteiger partial charge on any atom is 0.352 e.